The predicted molar refractivity (Wildman–Crippen MR) is 76.0 cm³/mol. The lowest BCUT2D eigenvalue weighted by Crippen LogP contribution is -1.95. The molecule has 1 N–H and O–H groups in total. The Hall–Kier alpha value is -2.76. The van der Waals surface area contributed by atoms with Gasteiger partial charge in [-0.3, -0.25) is 4.98 Å². The van der Waals surface area contributed by atoms with Crippen molar-refractivity contribution in [1.29, 1.82) is 0 Å². The molecule has 0 aliphatic heterocycles. The van der Waals surface area contributed by atoms with Gasteiger partial charge in [0.25, 0.3) is 0 Å². The molecule has 3 rings (SSSR count). The van der Waals surface area contributed by atoms with E-state index in [2.05, 4.69) is 15.1 Å². The molecule has 0 aliphatic carbocycles. The lowest BCUT2D eigenvalue weighted by Gasteiger charge is -2.02. The number of phenolic OH excluding ortho intramolecular Hbond substituents is 1. The third-order valence-electron chi connectivity index (χ3n) is 3.18. The molecule has 0 saturated heterocycles. The minimum absolute atomic E-state index is 0.0452. The van der Waals surface area contributed by atoms with Crippen LogP contribution in [0.25, 0.3) is 22.9 Å². The van der Waals surface area contributed by atoms with E-state index in [1.54, 1.807) is 13.2 Å². The first-order valence-electron chi connectivity index (χ1n) is 6.38. The number of benzene rings is 1. The van der Waals surface area contributed by atoms with Gasteiger partial charge >= 0.3 is 0 Å². The van der Waals surface area contributed by atoms with Crippen molar-refractivity contribution < 1.29 is 9.50 Å². The summed E-state index contributed by atoms with van der Waals surface area (Å²) >= 11 is 0. The van der Waals surface area contributed by atoms with Gasteiger partial charge in [0.05, 0.1) is 5.56 Å². The van der Waals surface area contributed by atoms with Gasteiger partial charge in [0.15, 0.2) is 5.82 Å². The molecule has 3 aromatic rings. The van der Waals surface area contributed by atoms with Crippen LogP contribution in [-0.2, 0) is 7.05 Å². The van der Waals surface area contributed by atoms with Gasteiger partial charge in [-0.15, -0.1) is 5.10 Å². The second-order valence-corrected chi connectivity index (χ2v) is 4.71. The number of hydrogen-bond acceptors (Lipinski definition) is 4. The maximum Gasteiger partial charge on any atom is 0.200 e. The molecule has 0 unspecified atom stereocenters. The lowest BCUT2D eigenvalue weighted by atomic mass is 10.2. The fraction of sp³-hybridized carbons (Fsp3) is 0.133. The minimum atomic E-state index is -0.443. The first-order chi connectivity index (χ1) is 10.1. The first kappa shape index (κ1) is 13.2. The summed E-state index contributed by atoms with van der Waals surface area (Å²) in [7, 11) is 1.69. The third kappa shape index (κ3) is 2.35. The standard InChI is InChI=1S/C15H13FN4O/c1-9-4-3-7-17-13(9)14-18-15(20(2)19-14)11-8-10(16)5-6-12(11)21/h3-8,21H,1-2H3. The largest absolute Gasteiger partial charge is 0.507 e. The van der Waals surface area contributed by atoms with Crippen molar-refractivity contribution in [3.63, 3.8) is 0 Å². The van der Waals surface area contributed by atoms with E-state index >= 15 is 0 Å². The van der Waals surface area contributed by atoms with E-state index in [-0.39, 0.29) is 5.75 Å². The highest BCUT2D eigenvalue weighted by molar-refractivity contribution is 5.66. The Kier molecular flexibility index (Phi) is 3.13. The zero-order valence-electron chi connectivity index (χ0n) is 11.6. The summed E-state index contributed by atoms with van der Waals surface area (Å²) in [5.41, 5.74) is 1.90. The van der Waals surface area contributed by atoms with Gasteiger partial charge in [0.2, 0.25) is 5.82 Å². The van der Waals surface area contributed by atoms with Crippen LogP contribution in [0, 0.1) is 12.7 Å². The van der Waals surface area contributed by atoms with Gasteiger partial charge in [0.1, 0.15) is 17.3 Å². The van der Waals surface area contributed by atoms with Gasteiger partial charge in [-0.1, -0.05) is 6.07 Å². The smallest absolute Gasteiger partial charge is 0.200 e. The van der Waals surface area contributed by atoms with E-state index in [0.29, 0.717) is 22.9 Å². The number of hydrogen-bond donors (Lipinski definition) is 1. The Morgan fingerprint density at radius 3 is 2.81 bits per heavy atom. The molecule has 21 heavy (non-hydrogen) atoms. The zero-order valence-corrected chi connectivity index (χ0v) is 11.6. The molecular formula is C15H13FN4O. The van der Waals surface area contributed by atoms with Crippen molar-refractivity contribution in [1.82, 2.24) is 19.7 Å². The monoisotopic (exact) mass is 284 g/mol. The SMILES string of the molecule is Cc1cccnc1-c1nc(-c2cc(F)ccc2O)n(C)n1. The summed E-state index contributed by atoms with van der Waals surface area (Å²) in [6, 6.07) is 7.47. The zero-order chi connectivity index (χ0) is 15.0. The highest BCUT2D eigenvalue weighted by Gasteiger charge is 2.16. The van der Waals surface area contributed by atoms with Crippen LogP contribution in [-0.4, -0.2) is 24.9 Å². The van der Waals surface area contributed by atoms with Gasteiger partial charge < -0.3 is 5.11 Å². The summed E-state index contributed by atoms with van der Waals surface area (Å²) < 4.78 is 14.9. The Balaban J connectivity index is 2.15. The summed E-state index contributed by atoms with van der Waals surface area (Å²) in [6.45, 7) is 1.91. The lowest BCUT2D eigenvalue weighted by molar-refractivity contribution is 0.474. The molecule has 5 nitrogen and oxygen atoms in total. The van der Waals surface area contributed by atoms with Crippen LogP contribution >= 0.6 is 0 Å². The maximum absolute atomic E-state index is 13.4. The summed E-state index contributed by atoms with van der Waals surface area (Å²) in [4.78, 5) is 8.64. The number of nitrogens with zero attached hydrogens (tertiary/aromatic N) is 4. The van der Waals surface area contributed by atoms with Crippen LogP contribution in [0.1, 0.15) is 5.56 Å². The number of aryl methyl sites for hydroxylation is 2. The molecule has 0 aliphatic rings. The molecular weight excluding hydrogens is 271 g/mol. The maximum atomic E-state index is 13.4. The molecule has 0 bridgehead atoms. The van der Waals surface area contributed by atoms with E-state index in [4.69, 9.17) is 0 Å². The van der Waals surface area contributed by atoms with Gasteiger partial charge in [-0.25, -0.2) is 14.1 Å². The van der Waals surface area contributed by atoms with E-state index in [1.165, 1.54) is 22.9 Å². The Morgan fingerprint density at radius 1 is 1.24 bits per heavy atom. The minimum Gasteiger partial charge on any atom is -0.507 e. The van der Waals surface area contributed by atoms with Crippen LogP contribution in [0.15, 0.2) is 36.5 Å². The van der Waals surface area contributed by atoms with Crippen LogP contribution in [0.2, 0.25) is 0 Å². The van der Waals surface area contributed by atoms with E-state index in [0.717, 1.165) is 5.56 Å². The topological polar surface area (TPSA) is 63.8 Å². The fourth-order valence-corrected chi connectivity index (χ4v) is 2.13. The van der Waals surface area contributed by atoms with Gasteiger partial charge in [0, 0.05) is 13.2 Å². The van der Waals surface area contributed by atoms with Crippen molar-refractivity contribution in [2.75, 3.05) is 0 Å². The molecule has 0 fully saturated rings. The summed E-state index contributed by atoms with van der Waals surface area (Å²) in [6.07, 6.45) is 1.66. The number of aromatic hydroxyl groups is 1. The predicted octanol–water partition coefficient (Wildman–Crippen LogP) is 2.70. The Bertz CT molecular complexity index is 813. The molecule has 6 heteroatoms. The van der Waals surface area contributed by atoms with Crippen molar-refractivity contribution in [2.24, 2.45) is 7.05 Å². The van der Waals surface area contributed by atoms with E-state index < -0.39 is 5.82 Å². The number of aromatic nitrogens is 4. The Morgan fingerprint density at radius 2 is 2.05 bits per heavy atom. The molecule has 106 valence electrons. The molecule has 0 spiro atoms. The number of phenols is 1. The van der Waals surface area contributed by atoms with Crippen molar-refractivity contribution in [3.8, 4) is 28.7 Å². The quantitative estimate of drug-likeness (QED) is 0.786. The number of pyridine rings is 1. The fourth-order valence-electron chi connectivity index (χ4n) is 2.13. The molecule has 0 amide bonds. The average molecular weight is 284 g/mol. The van der Waals surface area contributed by atoms with E-state index in [9.17, 15) is 9.50 Å². The van der Waals surface area contributed by atoms with Crippen LogP contribution in [0.5, 0.6) is 5.75 Å². The number of rotatable bonds is 2. The summed E-state index contributed by atoms with van der Waals surface area (Å²) in [5, 5.41) is 14.2. The van der Waals surface area contributed by atoms with Gasteiger partial charge in [-0.05, 0) is 36.8 Å². The second-order valence-electron chi connectivity index (χ2n) is 4.71. The van der Waals surface area contributed by atoms with Crippen molar-refractivity contribution in [3.05, 3.63) is 47.9 Å². The van der Waals surface area contributed by atoms with Crippen molar-refractivity contribution >= 4 is 0 Å². The highest BCUT2D eigenvalue weighted by atomic mass is 19.1. The molecule has 2 aromatic heterocycles. The van der Waals surface area contributed by atoms with Crippen molar-refractivity contribution in [2.45, 2.75) is 6.92 Å². The first-order valence-corrected chi connectivity index (χ1v) is 6.38. The molecule has 0 saturated carbocycles. The average Bonchev–Trinajstić information content (AvgIpc) is 2.84. The third-order valence-corrected chi connectivity index (χ3v) is 3.18. The molecule has 0 radical (unpaired) electrons. The highest BCUT2D eigenvalue weighted by Crippen LogP contribution is 2.29. The van der Waals surface area contributed by atoms with Gasteiger partial charge in [-0.2, -0.15) is 0 Å². The van der Waals surface area contributed by atoms with E-state index in [1.807, 2.05) is 19.1 Å². The second kappa shape index (κ2) is 4.97. The van der Waals surface area contributed by atoms with Crippen LogP contribution < -0.4 is 0 Å². The summed E-state index contributed by atoms with van der Waals surface area (Å²) in [5.74, 6) is 0.332. The normalized spacial score (nSPS) is 10.8. The molecule has 0 atom stereocenters. The van der Waals surface area contributed by atoms with Crippen LogP contribution in [0.3, 0.4) is 0 Å². The van der Waals surface area contributed by atoms with Crippen LogP contribution in [0.4, 0.5) is 4.39 Å². The Labute approximate surface area is 120 Å². The molecule has 2 heterocycles. The number of halogens is 1. The molecule has 1 aromatic carbocycles.